The van der Waals surface area contributed by atoms with Gasteiger partial charge in [0.25, 0.3) is 0 Å². The number of hydrogen-bond acceptors (Lipinski definition) is 2. The van der Waals surface area contributed by atoms with Gasteiger partial charge in [-0.05, 0) is 55.6 Å². The molecule has 0 amide bonds. The molecule has 2 unspecified atom stereocenters. The van der Waals surface area contributed by atoms with Crippen molar-refractivity contribution in [2.45, 2.75) is 44.6 Å². The van der Waals surface area contributed by atoms with Gasteiger partial charge in [-0.2, -0.15) is 0 Å². The van der Waals surface area contributed by atoms with Crippen LogP contribution in [-0.4, -0.2) is 31.1 Å². The topological polar surface area (TPSA) is 12.5 Å². The number of hydrogen-bond donors (Lipinski definition) is 0. The van der Waals surface area contributed by atoms with E-state index in [9.17, 15) is 0 Å². The van der Waals surface area contributed by atoms with Gasteiger partial charge < -0.3 is 4.74 Å². The second-order valence-electron chi connectivity index (χ2n) is 5.95. The van der Waals surface area contributed by atoms with E-state index in [-0.39, 0.29) is 0 Å². The average molecular weight is 245 g/mol. The van der Waals surface area contributed by atoms with Crippen molar-refractivity contribution in [2.75, 3.05) is 20.2 Å². The molecule has 18 heavy (non-hydrogen) atoms. The first kappa shape index (κ1) is 12.0. The van der Waals surface area contributed by atoms with Gasteiger partial charge in [-0.25, -0.2) is 0 Å². The van der Waals surface area contributed by atoms with E-state index in [1.165, 1.54) is 43.5 Å². The van der Waals surface area contributed by atoms with Crippen molar-refractivity contribution in [1.82, 2.24) is 4.90 Å². The van der Waals surface area contributed by atoms with Crippen LogP contribution in [-0.2, 0) is 11.8 Å². The number of ether oxygens (including phenoxy) is 1. The van der Waals surface area contributed by atoms with Crippen LogP contribution in [0.25, 0.3) is 0 Å². The second-order valence-corrected chi connectivity index (χ2v) is 5.95. The first-order valence-electron chi connectivity index (χ1n) is 7.10. The summed E-state index contributed by atoms with van der Waals surface area (Å²) in [6, 6.07) is 7.35. The van der Waals surface area contributed by atoms with Crippen molar-refractivity contribution in [2.24, 2.45) is 0 Å². The van der Waals surface area contributed by atoms with E-state index in [1.54, 1.807) is 7.11 Å². The molecule has 1 aliphatic heterocycles. The predicted octanol–water partition coefficient (Wildman–Crippen LogP) is 2.99. The van der Waals surface area contributed by atoms with Crippen LogP contribution < -0.4 is 4.74 Å². The molecular formula is C16H23NO. The molecule has 98 valence electrons. The van der Waals surface area contributed by atoms with Gasteiger partial charge in [-0.1, -0.05) is 19.9 Å². The van der Waals surface area contributed by atoms with E-state index in [0.29, 0.717) is 11.5 Å². The summed E-state index contributed by atoms with van der Waals surface area (Å²) in [5, 5.41) is 0. The molecule has 2 atom stereocenters. The standard InChI is InChI=1S/C16H23NO/c1-4-8-17-9-7-16(2)14-11-13(18-3)6-5-12(14)10-15(16)17/h5-6,11,15H,4,7-10H2,1-3H3. The smallest absolute Gasteiger partial charge is 0.119 e. The minimum Gasteiger partial charge on any atom is -0.497 e. The molecule has 1 aliphatic carbocycles. The summed E-state index contributed by atoms with van der Waals surface area (Å²) in [5.74, 6) is 1.00. The predicted molar refractivity (Wildman–Crippen MR) is 74.3 cm³/mol. The largest absolute Gasteiger partial charge is 0.497 e. The molecule has 0 radical (unpaired) electrons. The zero-order valence-electron chi connectivity index (χ0n) is 11.7. The first-order chi connectivity index (χ1) is 8.69. The summed E-state index contributed by atoms with van der Waals surface area (Å²) >= 11 is 0. The second kappa shape index (κ2) is 4.27. The molecule has 2 aliphatic rings. The van der Waals surface area contributed by atoms with Gasteiger partial charge in [0.2, 0.25) is 0 Å². The monoisotopic (exact) mass is 245 g/mol. The van der Waals surface area contributed by atoms with Crippen molar-refractivity contribution in [3.63, 3.8) is 0 Å². The highest BCUT2D eigenvalue weighted by atomic mass is 16.5. The van der Waals surface area contributed by atoms with Crippen LogP contribution in [0.5, 0.6) is 5.75 Å². The molecule has 0 bridgehead atoms. The van der Waals surface area contributed by atoms with Gasteiger partial charge in [0, 0.05) is 11.5 Å². The number of fused-ring (bicyclic) bond motifs is 3. The highest BCUT2D eigenvalue weighted by Crippen LogP contribution is 2.48. The van der Waals surface area contributed by atoms with Crippen LogP contribution in [0.1, 0.15) is 37.8 Å². The summed E-state index contributed by atoms with van der Waals surface area (Å²) < 4.78 is 5.39. The summed E-state index contributed by atoms with van der Waals surface area (Å²) in [5.41, 5.74) is 3.41. The van der Waals surface area contributed by atoms with E-state index < -0.39 is 0 Å². The Labute approximate surface area is 110 Å². The summed E-state index contributed by atoms with van der Waals surface area (Å²) in [6.45, 7) is 7.22. The normalized spacial score (nSPS) is 30.3. The van der Waals surface area contributed by atoms with Crippen LogP contribution in [0.2, 0.25) is 0 Å². The Hall–Kier alpha value is -1.02. The Morgan fingerprint density at radius 2 is 2.28 bits per heavy atom. The van der Waals surface area contributed by atoms with Gasteiger partial charge in [0.05, 0.1) is 7.11 Å². The lowest BCUT2D eigenvalue weighted by Gasteiger charge is -2.29. The molecule has 1 saturated heterocycles. The molecule has 0 saturated carbocycles. The van der Waals surface area contributed by atoms with Crippen LogP contribution in [0.4, 0.5) is 0 Å². The lowest BCUT2D eigenvalue weighted by molar-refractivity contribution is 0.226. The Morgan fingerprint density at radius 1 is 1.44 bits per heavy atom. The van der Waals surface area contributed by atoms with E-state index in [4.69, 9.17) is 4.74 Å². The quantitative estimate of drug-likeness (QED) is 0.811. The first-order valence-corrected chi connectivity index (χ1v) is 7.10. The van der Waals surface area contributed by atoms with Gasteiger partial charge in [-0.3, -0.25) is 4.90 Å². The molecular weight excluding hydrogens is 222 g/mol. The highest BCUT2D eigenvalue weighted by Gasteiger charge is 2.49. The maximum Gasteiger partial charge on any atom is 0.119 e. The molecule has 3 rings (SSSR count). The van der Waals surface area contributed by atoms with E-state index in [1.807, 2.05) is 0 Å². The molecule has 1 fully saturated rings. The third-order valence-corrected chi connectivity index (χ3v) is 4.95. The van der Waals surface area contributed by atoms with Crippen LogP contribution in [0, 0.1) is 0 Å². The fourth-order valence-electron chi connectivity index (χ4n) is 3.93. The average Bonchev–Trinajstić information content (AvgIpc) is 2.84. The third-order valence-electron chi connectivity index (χ3n) is 4.95. The number of likely N-dealkylation sites (tertiary alicyclic amines) is 1. The Bertz CT molecular complexity index is 456. The lowest BCUT2D eigenvalue weighted by atomic mass is 9.80. The van der Waals surface area contributed by atoms with Gasteiger partial charge in [-0.15, -0.1) is 0 Å². The van der Waals surface area contributed by atoms with Crippen LogP contribution in [0.15, 0.2) is 18.2 Å². The van der Waals surface area contributed by atoms with Crippen molar-refractivity contribution in [3.05, 3.63) is 29.3 Å². The Balaban J connectivity index is 1.97. The number of rotatable bonds is 3. The number of benzene rings is 1. The Kier molecular flexibility index (Phi) is 2.86. The minimum absolute atomic E-state index is 0.346. The fourth-order valence-corrected chi connectivity index (χ4v) is 3.93. The zero-order valence-corrected chi connectivity index (χ0v) is 11.7. The summed E-state index contributed by atoms with van der Waals surface area (Å²) in [4.78, 5) is 2.69. The molecule has 0 N–H and O–H groups in total. The highest BCUT2D eigenvalue weighted by molar-refractivity contribution is 5.47. The van der Waals surface area contributed by atoms with Crippen LogP contribution >= 0.6 is 0 Å². The summed E-state index contributed by atoms with van der Waals surface area (Å²) in [6.07, 6.45) is 3.76. The van der Waals surface area contributed by atoms with Crippen molar-refractivity contribution >= 4 is 0 Å². The van der Waals surface area contributed by atoms with Gasteiger partial charge in [0.15, 0.2) is 0 Å². The molecule has 2 nitrogen and oxygen atoms in total. The van der Waals surface area contributed by atoms with E-state index >= 15 is 0 Å². The molecule has 0 spiro atoms. The van der Waals surface area contributed by atoms with Gasteiger partial charge in [0.1, 0.15) is 5.75 Å². The maximum atomic E-state index is 5.39. The third kappa shape index (κ3) is 1.58. The molecule has 0 aromatic heterocycles. The molecule has 1 aromatic rings. The van der Waals surface area contributed by atoms with Crippen LogP contribution in [0.3, 0.4) is 0 Å². The molecule has 1 heterocycles. The maximum absolute atomic E-state index is 5.39. The lowest BCUT2D eigenvalue weighted by Crippen LogP contribution is -2.38. The molecule has 2 heteroatoms. The SMILES string of the molecule is CCCN1CCC2(C)c3cc(OC)ccc3CC12. The van der Waals surface area contributed by atoms with E-state index in [0.717, 1.165) is 5.75 Å². The number of nitrogens with zero attached hydrogens (tertiary/aromatic N) is 1. The van der Waals surface area contributed by atoms with E-state index in [2.05, 4.69) is 36.9 Å². The number of methoxy groups -OCH3 is 1. The van der Waals surface area contributed by atoms with Crippen molar-refractivity contribution in [3.8, 4) is 5.75 Å². The van der Waals surface area contributed by atoms with Crippen molar-refractivity contribution in [1.29, 1.82) is 0 Å². The summed E-state index contributed by atoms with van der Waals surface area (Å²) in [7, 11) is 1.76. The minimum atomic E-state index is 0.346. The Morgan fingerprint density at radius 3 is 3.00 bits per heavy atom. The van der Waals surface area contributed by atoms with Crippen molar-refractivity contribution < 1.29 is 4.74 Å². The molecule has 1 aromatic carbocycles. The zero-order chi connectivity index (χ0) is 12.8. The van der Waals surface area contributed by atoms with Gasteiger partial charge >= 0.3 is 0 Å². The fraction of sp³-hybridized carbons (Fsp3) is 0.625.